The summed E-state index contributed by atoms with van der Waals surface area (Å²) < 4.78 is 40.0. The Morgan fingerprint density at radius 1 is 1.33 bits per heavy atom. The first kappa shape index (κ1) is 20.5. The van der Waals surface area contributed by atoms with E-state index in [0.29, 0.717) is 5.82 Å². The van der Waals surface area contributed by atoms with E-state index in [2.05, 4.69) is 20.5 Å². The Morgan fingerprint density at radius 2 is 2.13 bits per heavy atom. The van der Waals surface area contributed by atoms with Crippen LogP contribution in [0.3, 0.4) is 0 Å². The number of halogens is 4. The zero-order chi connectivity index (χ0) is 21.5. The number of benzene rings is 1. The summed E-state index contributed by atoms with van der Waals surface area (Å²) in [5.41, 5.74) is -1.13. The quantitative estimate of drug-likeness (QED) is 0.590. The third-order valence-corrected chi connectivity index (χ3v) is 6.30. The van der Waals surface area contributed by atoms with Crippen LogP contribution < -0.4 is 10.9 Å². The highest BCUT2D eigenvalue weighted by atomic mass is 35.5. The summed E-state index contributed by atoms with van der Waals surface area (Å²) in [5.74, 6) is -0.187. The van der Waals surface area contributed by atoms with Gasteiger partial charge in [-0.05, 0) is 41.1 Å². The molecule has 12 heteroatoms. The summed E-state index contributed by atoms with van der Waals surface area (Å²) in [5, 5.41) is 10.4. The molecule has 0 aliphatic carbocycles. The predicted molar refractivity (Wildman–Crippen MR) is 106 cm³/mol. The Labute approximate surface area is 176 Å². The molecule has 0 bridgehead atoms. The van der Waals surface area contributed by atoms with Crippen LogP contribution in [0.25, 0.3) is 10.9 Å². The number of amides is 1. The lowest BCUT2D eigenvalue weighted by molar-refractivity contribution is -0.137. The molecule has 7 nitrogen and oxygen atoms in total. The molecule has 1 aromatic carbocycles. The van der Waals surface area contributed by atoms with Crippen LogP contribution in [0, 0.1) is 0 Å². The number of fused-ring (bicyclic) bond motifs is 1. The van der Waals surface area contributed by atoms with Crippen molar-refractivity contribution in [3.05, 3.63) is 69.9 Å². The van der Waals surface area contributed by atoms with Gasteiger partial charge in [0.1, 0.15) is 18.2 Å². The number of alkyl halides is 4. The van der Waals surface area contributed by atoms with Gasteiger partial charge in [-0.2, -0.15) is 18.3 Å². The first-order valence-corrected chi connectivity index (χ1v) is 9.89. The molecule has 1 aliphatic rings. The van der Waals surface area contributed by atoms with E-state index in [1.807, 2.05) is 0 Å². The molecular formula is C18H13ClF3N5O2S. The Hall–Kier alpha value is -2.79. The van der Waals surface area contributed by atoms with Crippen LogP contribution in [-0.2, 0) is 22.4 Å². The lowest BCUT2D eigenvalue weighted by Gasteiger charge is -2.26. The zero-order valence-electron chi connectivity index (χ0n) is 15.0. The second-order valence-electron chi connectivity index (χ2n) is 6.52. The highest BCUT2D eigenvalue weighted by molar-refractivity contribution is 8.03. The van der Waals surface area contributed by atoms with Gasteiger partial charge in [-0.1, -0.05) is 0 Å². The Kier molecular flexibility index (Phi) is 5.10. The van der Waals surface area contributed by atoms with Crippen molar-refractivity contribution in [2.75, 3.05) is 0 Å². The Bertz CT molecular complexity index is 1190. The summed E-state index contributed by atoms with van der Waals surface area (Å²) in [6.45, 7) is -0.387. The predicted octanol–water partition coefficient (Wildman–Crippen LogP) is 2.98. The third kappa shape index (κ3) is 3.70. The topological polar surface area (TPSA) is 92.7 Å². The maximum atomic E-state index is 13.0. The fraction of sp³-hybridized carbons (Fsp3) is 0.222. The maximum Gasteiger partial charge on any atom is 0.416 e. The molecule has 2 unspecified atom stereocenters. The van der Waals surface area contributed by atoms with E-state index in [0.717, 1.165) is 22.8 Å². The molecule has 4 rings (SSSR count). The van der Waals surface area contributed by atoms with Crippen molar-refractivity contribution in [2.24, 2.45) is 0 Å². The van der Waals surface area contributed by atoms with Crippen molar-refractivity contribution in [3.8, 4) is 0 Å². The zero-order valence-corrected chi connectivity index (χ0v) is 16.6. The fourth-order valence-electron chi connectivity index (χ4n) is 3.11. The number of hydrogen-bond donors (Lipinski definition) is 2. The summed E-state index contributed by atoms with van der Waals surface area (Å²) in [7, 11) is 0. The molecule has 2 N–H and O–H groups in total. The molecule has 1 amide bonds. The van der Waals surface area contributed by atoms with Crippen LogP contribution in [0.1, 0.15) is 11.4 Å². The second-order valence-corrected chi connectivity index (χ2v) is 8.16. The first-order chi connectivity index (χ1) is 14.2. The Balaban J connectivity index is 1.59. The lowest BCUT2D eigenvalue weighted by Crippen LogP contribution is -2.45. The average molecular weight is 456 g/mol. The van der Waals surface area contributed by atoms with E-state index in [1.54, 1.807) is 11.5 Å². The van der Waals surface area contributed by atoms with Crippen LogP contribution in [0.4, 0.5) is 13.2 Å². The van der Waals surface area contributed by atoms with Gasteiger partial charge in [0.25, 0.3) is 5.56 Å². The number of aromatic amines is 1. The first-order valence-electron chi connectivity index (χ1n) is 8.56. The third-order valence-electron chi connectivity index (χ3n) is 4.60. The van der Waals surface area contributed by atoms with Crippen LogP contribution in [0.15, 0.2) is 52.9 Å². The smallest absolute Gasteiger partial charge is 0.340 e. The van der Waals surface area contributed by atoms with Gasteiger partial charge < -0.3 is 5.32 Å². The van der Waals surface area contributed by atoms with Gasteiger partial charge in [-0.3, -0.25) is 19.3 Å². The molecule has 0 saturated heterocycles. The maximum absolute atomic E-state index is 13.0. The number of aromatic nitrogens is 4. The molecular weight excluding hydrogens is 443 g/mol. The standard InChI is InChI=1S/C18H13ClF3N5O2S/c19-17(15-23-9-24-26-15)5-6-30-16(17)25-13(28)8-27-12-3-2-11(18(20,21)22)7-10(12)1-4-14(27)29/h1-7,9,16H,8H2,(H,25,28)(H,23,24,26). The van der Waals surface area contributed by atoms with E-state index in [1.165, 1.54) is 30.2 Å². The molecule has 2 aromatic heterocycles. The van der Waals surface area contributed by atoms with Gasteiger partial charge in [0.2, 0.25) is 5.91 Å². The minimum atomic E-state index is -4.51. The molecule has 0 fully saturated rings. The van der Waals surface area contributed by atoms with Crippen molar-refractivity contribution >= 4 is 40.2 Å². The number of carbonyl (C=O) groups excluding carboxylic acids is 1. The van der Waals surface area contributed by atoms with Crippen molar-refractivity contribution in [1.29, 1.82) is 0 Å². The van der Waals surface area contributed by atoms with Crippen LogP contribution in [-0.4, -0.2) is 31.0 Å². The largest absolute Gasteiger partial charge is 0.416 e. The van der Waals surface area contributed by atoms with Crippen molar-refractivity contribution in [3.63, 3.8) is 0 Å². The van der Waals surface area contributed by atoms with Gasteiger partial charge in [-0.15, -0.1) is 23.4 Å². The summed E-state index contributed by atoms with van der Waals surface area (Å²) in [6.07, 6.45) is -1.56. The van der Waals surface area contributed by atoms with Gasteiger partial charge in [0.15, 0.2) is 10.7 Å². The van der Waals surface area contributed by atoms with E-state index < -0.39 is 33.5 Å². The van der Waals surface area contributed by atoms with E-state index >= 15 is 0 Å². The van der Waals surface area contributed by atoms with Crippen molar-refractivity contribution in [2.45, 2.75) is 23.0 Å². The molecule has 2 atom stereocenters. The molecule has 0 radical (unpaired) electrons. The molecule has 0 saturated carbocycles. The van der Waals surface area contributed by atoms with Crippen LogP contribution >= 0.6 is 23.4 Å². The van der Waals surface area contributed by atoms with Crippen LogP contribution in [0.2, 0.25) is 0 Å². The number of H-pyrrole nitrogens is 1. The monoisotopic (exact) mass is 455 g/mol. The van der Waals surface area contributed by atoms with E-state index in [4.69, 9.17) is 11.6 Å². The lowest BCUT2D eigenvalue weighted by atomic mass is 10.1. The summed E-state index contributed by atoms with van der Waals surface area (Å²) in [6, 6.07) is 5.42. The Morgan fingerprint density at radius 3 is 2.83 bits per heavy atom. The number of carbonyl (C=O) groups is 1. The molecule has 30 heavy (non-hydrogen) atoms. The van der Waals surface area contributed by atoms with E-state index in [-0.39, 0.29) is 17.4 Å². The molecule has 3 heterocycles. The minimum absolute atomic E-state index is 0.197. The summed E-state index contributed by atoms with van der Waals surface area (Å²) >= 11 is 7.86. The minimum Gasteiger partial charge on any atom is -0.340 e. The van der Waals surface area contributed by atoms with Gasteiger partial charge >= 0.3 is 6.18 Å². The van der Waals surface area contributed by atoms with Gasteiger partial charge in [0, 0.05) is 6.07 Å². The summed E-state index contributed by atoms with van der Waals surface area (Å²) in [4.78, 5) is 27.8. The van der Waals surface area contributed by atoms with Crippen molar-refractivity contribution in [1.82, 2.24) is 25.1 Å². The molecule has 3 aromatic rings. The molecule has 0 spiro atoms. The van der Waals surface area contributed by atoms with Crippen molar-refractivity contribution < 1.29 is 18.0 Å². The van der Waals surface area contributed by atoms with Gasteiger partial charge in [-0.25, -0.2) is 4.98 Å². The average Bonchev–Trinajstić information content (AvgIpc) is 3.34. The number of thioether (sulfide) groups is 1. The molecule has 1 aliphatic heterocycles. The van der Waals surface area contributed by atoms with Crippen LogP contribution in [0.5, 0.6) is 0 Å². The fourth-order valence-corrected chi connectivity index (χ4v) is 4.59. The van der Waals surface area contributed by atoms with E-state index in [9.17, 15) is 22.8 Å². The number of pyridine rings is 1. The van der Waals surface area contributed by atoms with Gasteiger partial charge in [0.05, 0.1) is 11.1 Å². The number of hydrogen-bond acceptors (Lipinski definition) is 5. The highest BCUT2D eigenvalue weighted by Gasteiger charge is 2.43. The highest BCUT2D eigenvalue weighted by Crippen LogP contribution is 2.43. The molecule has 156 valence electrons. The normalized spacial score (nSPS) is 21.3. The SMILES string of the molecule is O=C(Cn1c(=O)ccc2cc(C(F)(F)F)ccc21)NC1SC=CC1(Cl)c1ncn[nH]1. The number of nitrogens with one attached hydrogen (secondary N) is 2. The number of nitrogens with zero attached hydrogens (tertiary/aromatic N) is 3. The number of rotatable bonds is 4. The second kappa shape index (κ2) is 7.47.